The SMILES string of the molecule is COCC1CCN(c2cccc(Cl)c2C(N)=NO)CC1. The number of methoxy groups -OCH3 is 1. The fraction of sp³-hybridized carbons (Fsp3) is 0.500. The normalized spacial score (nSPS) is 17.5. The monoisotopic (exact) mass is 297 g/mol. The second-order valence-corrected chi connectivity index (χ2v) is 5.41. The van der Waals surface area contributed by atoms with Gasteiger partial charge in [-0.05, 0) is 30.9 Å². The Kier molecular flexibility index (Phi) is 5.09. The van der Waals surface area contributed by atoms with Gasteiger partial charge in [0.15, 0.2) is 5.84 Å². The molecule has 2 rings (SSSR count). The number of rotatable bonds is 4. The van der Waals surface area contributed by atoms with E-state index in [1.54, 1.807) is 13.2 Å². The van der Waals surface area contributed by atoms with Gasteiger partial charge in [0.25, 0.3) is 0 Å². The Labute approximate surface area is 124 Å². The standard InChI is InChI=1S/C14H20ClN3O2/c1-20-9-10-5-7-18(8-6-10)12-4-2-3-11(15)13(12)14(16)17-19/h2-4,10,19H,5-9H2,1H3,(H2,16,17). The molecule has 6 heteroatoms. The third kappa shape index (κ3) is 3.16. The first-order valence-corrected chi connectivity index (χ1v) is 7.05. The number of benzene rings is 1. The van der Waals surface area contributed by atoms with Crippen molar-refractivity contribution in [3.05, 3.63) is 28.8 Å². The van der Waals surface area contributed by atoms with Gasteiger partial charge >= 0.3 is 0 Å². The Morgan fingerprint density at radius 3 is 2.80 bits per heavy atom. The molecule has 0 aliphatic carbocycles. The largest absolute Gasteiger partial charge is 0.409 e. The van der Waals surface area contributed by atoms with Gasteiger partial charge in [-0.25, -0.2) is 0 Å². The average molecular weight is 298 g/mol. The van der Waals surface area contributed by atoms with Crippen LogP contribution >= 0.6 is 11.6 Å². The quantitative estimate of drug-likeness (QED) is 0.387. The molecule has 1 aromatic rings. The van der Waals surface area contributed by atoms with Crippen molar-refractivity contribution in [3.63, 3.8) is 0 Å². The molecule has 0 atom stereocenters. The van der Waals surface area contributed by atoms with Gasteiger partial charge in [0.05, 0.1) is 10.6 Å². The molecule has 1 aliphatic rings. The van der Waals surface area contributed by atoms with Crippen LogP contribution in [-0.4, -0.2) is 37.8 Å². The van der Waals surface area contributed by atoms with Gasteiger partial charge in [0, 0.05) is 32.5 Å². The number of piperidine rings is 1. The van der Waals surface area contributed by atoms with E-state index in [0.29, 0.717) is 16.5 Å². The van der Waals surface area contributed by atoms with Crippen molar-refractivity contribution < 1.29 is 9.94 Å². The number of anilines is 1. The van der Waals surface area contributed by atoms with Crippen molar-refractivity contribution in [2.45, 2.75) is 12.8 Å². The lowest BCUT2D eigenvalue weighted by Gasteiger charge is -2.34. The summed E-state index contributed by atoms with van der Waals surface area (Å²) in [6, 6.07) is 5.58. The minimum atomic E-state index is 0.0459. The van der Waals surface area contributed by atoms with Crippen LogP contribution in [0.25, 0.3) is 0 Å². The molecule has 0 amide bonds. The predicted octanol–water partition coefficient (Wildman–Crippen LogP) is 2.30. The molecule has 110 valence electrons. The molecule has 0 radical (unpaired) electrons. The summed E-state index contributed by atoms with van der Waals surface area (Å²) in [4.78, 5) is 2.23. The summed E-state index contributed by atoms with van der Waals surface area (Å²) in [6.07, 6.45) is 2.13. The van der Waals surface area contributed by atoms with E-state index in [2.05, 4.69) is 10.1 Å². The highest BCUT2D eigenvalue weighted by atomic mass is 35.5. The van der Waals surface area contributed by atoms with Crippen molar-refractivity contribution in [3.8, 4) is 0 Å². The van der Waals surface area contributed by atoms with Gasteiger partial charge in [-0.1, -0.05) is 22.8 Å². The fourth-order valence-electron chi connectivity index (χ4n) is 2.66. The van der Waals surface area contributed by atoms with Crippen molar-refractivity contribution in [2.24, 2.45) is 16.8 Å². The Morgan fingerprint density at radius 1 is 1.50 bits per heavy atom. The summed E-state index contributed by atoms with van der Waals surface area (Å²) in [7, 11) is 1.74. The number of nitrogens with zero attached hydrogens (tertiary/aromatic N) is 2. The topological polar surface area (TPSA) is 71.1 Å². The van der Waals surface area contributed by atoms with Crippen LogP contribution in [0.1, 0.15) is 18.4 Å². The maximum atomic E-state index is 8.92. The van der Waals surface area contributed by atoms with Gasteiger partial charge in [-0.3, -0.25) is 0 Å². The molecule has 0 unspecified atom stereocenters. The number of halogens is 1. The first kappa shape index (κ1) is 14.9. The van der Waals surface area contributed by atoms with Crippen molar-refractivity contribution >= 4 is 23.1 Å². The summed E-state index contributed by atoms with van der Waals surface area (Å²) in [5.74, 6) is 0.646. The van der Waals surface area contributed by atoms with Crippen molar-refractivity contribution in [1.82, 2.24) is 0 Å². The minimum Gasteiger partial charge on any atom is -0.409 e. The lowest BCUT2D eigenvalue weighted by atomic mass is 9.96. The third-order valence-electron chi connectivity index (χ3n) is 3.71. The predicted molar refractivity (Wildman–Crippen MR) is 80.8 cm³/mol. The first-order valence-electron chi connectivity index (χ1n) is 6.67. The van der Waals surface area contributed by atoms with Crippen LogP contribution in [-0.2, 0) is 4.74 Å². The van der Waals surface area contributed by atoms with Crippen LogP contribution in [0.2, 0.25) is 5.02 Å². The van der Waals surface area contributed by atoms with Crippen LogP contribution in [0, 0.1) is 5.92 Å². The lowest BCUT2D eigenvalue weighted by molar-refractivity contribution is 0.139. The molecule has 5 nitrogen and oxygen atoms in total. The van der Waals surface area contributed by atoms with E-state index in [1.807, 2.05) is 12.1 Å². The van der Waals surface area contributed by atoms with Crippen LogP contribution in [0.15, 0.2) is 23.4 Å². The van der Waals surface area contributed by atoms with Crippen molar-refractivity contribution in [1.29, 1.82) is 0 Å². The highest BCUT2D eigenvalue weighted by Crippen LogP contribution is 2.30. The fourth-order valence-corrected chi connectivity index (χ4v) is 2.92. The molecule has 1 fully saturated rings. The Morgan fingerprint density at radius 2 is 2.20 bits per heavy atom. The number of hydrogen-bond acceptors (Lipinski definition) is 4. The van der Waals surface area contributed by atoms with Gasteiger partial charge in [-0.2, -0.15) is 0 Å². The van der Waals surface area contributed by atoms with E-state index in [9.17, 15) is 0 Å². The van der Waals surface area contributed by atoms with Gasteiger partial charge in [0.1, 0.15) is 0 Å². The summed E-state index contributed by atoms with van der Waals surface area (Å²) in [5.41, 5.74) is 7.27. The molecule has 1 heterocycles. The number of oxime groups is 1. The summed E-state index contributed by atoms with van der Waals surface area (Å²) < 4.78 is 5.21. The maximum absolute atomic E-state index is 8.92. The van der Waals surface area contributed by atoms with Gasteiger partial charge < -0.3 is 20.6 Å². The minimum absolute atomic E-state index is 0.0459. The van der Waals surface area contributed by atoms with Crippen LogP contribution in [0.4, 0.5) is 5.69 Å². The molecule has 20 heavy (non-hydrogen) atoms. The zero-order chi connectivity index (χ0) is 14.5. The number of amidine groups is 1. The third-order valence-corrected chi connectivity index (χ3v) is 4.03. The first-order chi connectivity index (χ1) is 9.67. The second kappa shape index (κ2) is 6.81. The molecule has 0 bridgehead atoms. The van der Waals surface area contributed by atoms with Crippen molar-refractivity contribution in [2.75, 3.05) is 31.7 Å². The highest BCUT2D eigenvalue weighted by molar-refractivity contribution is 6.34. The summed E-state index contributed by atoms with van der Waals surface area (Å²) in [6.45, 7) is 2.64. The van der Waals surface area contributed by atoms with Crippen LogP contribution in [0.5, 0.6) is 0 Å². The lowest BCUT2D eigenvalue weighted by Crippen LogP contribution is -2.36. The Hall–Kier alpha value is -1.46. The number of ether oxygens (including phenoxy) is 1. The molecular formula is C14H20ClN3O2. The van der Waals surface area contributed by atoms with E-state index in [0.717, 1.165) is 38.2 Å². The molecule has 3 N–H and O–H groups in total. The van der Waals surface area contributed by atoms with Crippen LogP contribution in [0.3, 0.4) is 0 Å². The van der Waals surface area contributed by atoms with E-state index >= 15 is 0 Å². The zero-order valence-electron chi connectivity index (χ0n) is 11.6. The molecule has 1 aromatic carbocycles. The Bertz CT molecular complexity index is 485. The van der Waals surface area contributed by atoms with E-state index in [4.69, 9.17) is 27.3 Å². The zero-order valence-corrected chi connectivity index (χ0v) is 12.3. The van der Waals surface area contributed by atoms with Crippen LogP contribution < -0.4 is 10.6 Å². The van der Waals surface area contributed by atoms with Gasteiger partial charge in [-0.15, -0.1) is 0 Å². The number of hydrogen-bond donors (Lipinski definition) is 2. The molecule has 1 saturated heterocycles. The molecule has 0 spiro atoms. The molecular weight excluding hydrogens is 278 g/mol. The summed E-state index contributed by atoms with van der Waals surface area (Å²) >= 11 is 6.18. The van der Waals surface area contributed by atoms with E-state index in [-0.39, 0.29) is 5.84 Å². The van der Waals surface area contributed by atoms with Gasteiger partial charge in [0.2, 0.25) is 0 Å². The van der Waals surface area contributed by atoms with E-state index in [1.165, 1.54) is 0 Å². The second-order valence-electron chi connectivity index (χ2n) is 5.00. The molecule has 0 saturated carbocycles. The maximum Gasteiger partial charge on any atom is 0.173 e. The molecule has 1 aliphatic heterocycles. The van der Waals surface area contributed by atoms with E-state index < -0.39 is 0 Å². The Balaban J connectivity index is 2.20. The number of nitrogens with two attached hydrogens (primary N) is 1. The summed E-state index contributed by atoms with van der Waals surface area (Å²) in [5, 5.41) is 12.5. The average Bonchev–Trinajstić information content (AvgIpc) is 2.47. The molecule has 0 aromatic heterocycles. The smallest absolute Gasteiger partial charge is 0.173 e. The highest BCUT2D eigenvalue weighted by Gasteiger charge is 2.23.